The van der Waals surface area contributed by atoms with Gasteiger partial charge < -0.3 is 40.3 Å². The molecule has 4 atom stereocenters. The van der Waals surface area contributed by atoms with Crippen LogP contribution in [0.15, 0.2) is 4.79 Å². The molecule has 1 saturated heterocycles. The molecule has 3 heterocycles. The third-order valence-corrected chi connectivity index (χ3v) is 4.86. The quantitative estimate of drug-likeness (QED) is 0.330. The van der Waals surface area contributed by atoms with Gasteiger partial charge in [0.2, 0.25) is 0 Å². The molecule has 0 aliphatic carbocycles. The number of rotatable bonds is 4. The number of aliphatic hydroxyl groups is 2. The molecule has 1 aromatic heterocycles. The number of hydrogen-bond donors (Lipinski definition) is 5. The fraction of sp³-hybridized carbons (Fsp3) is 0.667. The molecule has 1 fully saturated rings. The fourth-order valence-corrected chi connectivity index (χ4v) is 3.36. The average Bonchev–Trinajstić information content (AvgIpc) is 3.01. The van der Waals surface area contributed by atoms with Crippen molar-refractivity contribution in [3.63, 3.8) is 0 Å². The van der Waals surface area contributed by atoms with E-state index in [2.05, 4.69) is 9.51 Å². The Labute approximate surface area is 147 Å². The number of fused-ring (bicyclic) bond motifs is 1. The molecular formula is C12H20N5O8P. The van der Waals surface area contributed by atoms with E-state index in [1.807, 2.05) is 0 Å². The SMILES string of the molecule is CN1CN([C@@H]2O[C@H](COP(=O)(O)O)[C@@H](O)[C@H]2O)c2nc(=O)n(C)c(N)c21. The highest BCUT2D eigenvalue weighted by atomic mass is 31.2. The van der Waals surface area contributed by atoms with E-state index in [4.69, 9.17) is 20.3 Å². The molecule has 0 unspecified atom stereocenters. The average molecular weight is 393 g/mol. The molecule has 2 aliphatic rings. The second-order valence-corrected chi connectivity index (χ2v) is 7.39. The van der Waals surface area contributed by atoms with E-state index in [1.165, 1.54) is 16.5 Å². The second-order valence-electron chi connectivity index (χ2n) is 6.15. The van der Waals surface area contributed by atoms with Crippen LogP contribution in [0, 0.1) is 0 Å². The summed E-state index contributed by atoms with van der Waals surface area (Å²) in [5.74, 6) is 0.361. The number of nitrogens with two attached hydrogens (primary N) is 1. The zero-order chi connectivity index (χ0) is 19.4. The first-order valence-corrected chi connectivity index (χ1v) is 9.10. The summed E-state index contributed by atoms with van der Waals surface area (Å²) in [5.41, 5.74) is 5.83. The van der Waals surface area contributed by atoms with Crippen molar-refractivity contribution in [3.8, 4) is 0 Å². The first-order valence-electron chi connectivity index (χ1n) is 7.57. The molecule has 2 aliphatic heterocycles. The van der Waals surface area contributed by atoms with Crippen LogP contribution in [0.2, 0.25) is 0 Å². The lowest BCUT2D eigenvalue weighted by Crippen LogP contribution is -2.45. The van der Waals surface area contributed by atoms with E-state index in [0.717, 1.165) is 0 Å². The zero-order valence-corrected chi connectivity index (χ0v) is 14.9. The fourth-order valence-electron chi connectivity index (χ4n) is 3.02. The van der Waals surface area contributed by atoms with Gasteiger partial charge in [0.15, 0.2) is 12.0 Å². The molecule has 0 amide bonds. The van der Waals surface area contributed by atoms with Crippen LogP contribution in [0.1, 0.15) is 0 Å². The number of nitrogens with zero attached hydrogens (tertiary/aromatic N) is 4. The van der Waals surface area contributed by atoms with Crippen molar-refractivity contribution >= 4 is 25.1 Å². The molecule has 14 heteroatoms. The predicted octanol–water partition coefficient (Wildman–Crippen LogP) is -2.87. The summed E-state index contributed by atoms with van der Waals surface area (Å²) < 4.78 is 21.9. The largest absolute Gasteiger partial charge is 0.469 e. The van der Waals surface area contributed by atoms with E-state index >= 15 is 0 Å². The summed E-state index contributed by atoms with van der Waals surface area (Å²) in [4.78, 5) is 36.6. The van der Waals surface area contributed by atoms with E-state index in [9.17, 15) is 19.6 Å². The predicted molar refractivity (Wildman–Crippen MR) is 88.3 cm³/mol. The number of aromatic nitrogens is 2. The highest BCUT2D eigenvalue weighted by molar-refractivity contribution is 7.46. The molecule has 0 aromatic carbocycles. The second kappa shape index (κ2) is 6.46. The van der Waals surface area contributed by atoms with E-state index in [1.54, 1.807) is 11.9 Å². The molecule has 0 saturated carbocycles. The maximum absolute atomic E-state index is 12.0. The van der Waals surface area contributed by atoms with Gasteiger partial charge in [-0.15, -0.1) is 0 Å². The molecule has 6 N–H and O–H groups in total. The molecule has 0 spiro atoms. The first kappa shape index (κ1) is 19.0. The van der Waals surface area contributed by atoms with Gasteiger partial charge in [0.1, 0.15) is 29.8 Å². The molecule has 3 rings (SSSR count). The Kier molecular flexibility index (Phi) is 4.73. The van der Waals surface area contributed by atoms with Crippen molar-refractivity contribution in [1.82, 2.24) is 9.55 Å². The van der Waals surface area contributed by atoms with Gasteiger partial charge >= 0.3 is 13.5 Å². The molecule has 0 bridgehead atoms. The standard InChI is InChI=1S/C12H20N5O8P/c1-15-4-17(10-6(15)9(13)16(2)12(20)14-10)11-8(19)7(18)5(25-11)3-24-26(21,22)23/h5,7-8,11,18-19H,3-4,13H2,1-2H3,(H2,21,22,23)/t5-,7-,8-,11-/m1/s1. The Morgan fingerprint density at radius 2 is 2.00 bits per heavy atom. The van der Waals surface area contributed by atoms with Gasteiger partial charge in [-0.25, -0.2) is 9.36 Å². The number of anilines is 3. The lowest BCUT2D eigenvalue weighted by molar-refractivity contribution is -0.0218. The monoisotopic (exact) mass is 393 g/mol. The van der Waals surface area contributed by atoms with Crippen molar-refractivity contribution in [2.75, 3.05) is 35.9 Å². The number of phosphoric acid groups is 1. The van der Waals surface area contributed by atoms with Crippen LogP contribution in [0.4, 0.5) is 17.3 Å². The molecule has 146 valence electrons. The van der Waals surface area contributed by atoms with Crippen molar-refractivity contribution in [3.05, 3.63) is 10.5 Å². The maximum Gasteiger partial charge on any atom is 0.469 e. The zero-order valence-electron chi connectivity index (χ0n) is 14.0. The highest BCUT2D eigenvalue weighted by Gasteiger charge is 2.49. The van der Waals surface area contributed by atoms with E-state index < -0.39 is 44.7 Å². The van der Waals surface area contributed by atoms with Crippen molar-refractivity contribution in [2.24, 2.45) is 7.05 Å². The van der Waals surface area contributed by atoms with Gasteiger partial charge in [-0.2, -0.15) is 4.98 Å². The Balaban J connectivity index is 1.87. The summed E-state index contributed by atoms with van der Waals surface area (Å²) in [6.45, 7) is -0.460. The Morgan fingerprint density at radius 3 is 2.62 bits per heavy atom. The number of ether oxygens (including phenoxy) is 1. The molecule has 1 aromatic rings. The Hall–Kier alpha value is -1.73. The van der Waals surface area contributed by atoms with E-state index in [0.29, 0.717) is 5.69 Å². The van der Waals surface area contributed by atoms with Gasteiger partial charge in [0.25, 0.3) is 0 Å². The first-order chi connectivity index (χ1) is 12.0. The summed E-state index contributed by atoms with van der Waals surface area (Å²) in [7, 11) is -1.58. The minimum absolute atomic E-state index is 0.163. The van der Waals surface area contributed by atoms with Crippen LogP contribution < -0.4 is 21.2 Å². The molecule has 13 nitrogen and oxygen atoms in total. The van der Waals surface area contributed by atoms with Crippen LogP contribution in [0.25, 0.3) is 0 Å². The van der Waals surface area contributed by atoms with Gasteiger partial charge in [-0.3, -0.25) is 9.09 Å². The van der Waals surface area contributed by atoms with Crippen molar-refractivity contribution < 1.29 is 33.8 Å². The number of aliphatic hydroxyl groups excluding tert-OH is 2. The van der Waals surface area contributed by atoms with Gasteiger partial charge in [-0.05, 0) is 0 Å². The maximum atomic E-state index is 12.0. The summed E-state index contributed by atoms with van der Waals surface area (Å²) >= 11 is 0. The third-order valence-electron chi connectivity index (χ3n) is 4.37. The lowest BCUT2D eigenvalue weighted by atomic mass is 10.1. The van der Waals surface area contributed by atoms with Crippen molar-refractivity contribution in [2.45, 2.75) is 24.5 Å². The molecular weight excluding hydrogens is 373 g/mol. The highest BCUT2D eigenvalue weighted by Crippen LogP contribution is 2.41. The normalized spacial score (nSPS) is 28.7. The lowest BCUT2D eigenvalue weighted by Gasteiger charge is -2.27. The van der Waals surface area contributed by atoms with Crippen LogP contribution >= 0.6 is 7.82 Å². The third kappa shape index (κ3) is 3.18. The topological polar surface area (TPSA) is 184 Å². The number of nitrogen functional groups attached to an aromatic ring is 1. The van der Waals surface area contributed by atoms with Crippen LogP contribution in [0.5, 0.6) is 0 Å². The van der Waals surface area contributed by atoms with Crippen LogP contribution in [0.3, 0.4) is 0 Å². The molecule has 26 heavy (non-hydrogen) atoms. The minimum atomic E-state index is -4.76. The van der Waals surface area contributed by atoms with Gasteiger partial charge in [-0.1, -0.05) is 0 Å². The van der Waals surface area contributed by atoms with Crippen LogP contribution in [-0.4, -0.2) is 74.4 Å². The van der Waals surface area contributed by atoms with Crippen LogP contribution in [-0.2, 0) is 20.9 Å². The van der Waals surface area contributed by atoms with Gasteiger partial charge in [0, 0.05) is 14.1 Å². The summed E-state index contributed by atoms with van der Waals surface area (Å²) in [6, 6.07) is 0. The molecule has 0 radical (unpaired) electrons. The Bertz CT molecular complexity index is 812. The number of phosphoric ester groups is 1. The van der Waals surface area contributed by atoms with Gasteiger partial charge in [0.05, 0.1) is 13.3 Å². The summed E-state index contributed by atoms with van der Waals surface area (Å²) in [6.07, 6.45) is -5.17. The Morgan fingerprint density at radius 1 is 1.35 bits per heavy atom. The minimum Gasteiger partial charge on any atom is -0.387 e. The smallest absolute Gasteiger partial charge is 0.387 e. The summed E-state index contributed by atoms with van der Waals surface area (Å²) in [5, 5.41) is 20.4. The van der Waals surface area contributed by atoms with E-state index in [-0.39, 0.29) is 18.3 Å². The van der Waals surface area contributed by atoms with Crippen molar-refractivity contribution in [1.29, 1.82) is 0 Å². The number of hydrogen-bond acceptors (Lipinski definition) is 10.